The molecule has 0 saturated carbocycles. The van der Waals surface area contributed by atoms with E-state index in [0.29, 0.717) is 0 Å². The Morgan fingerprint density at radius 3 is 1.68 bits per heavy atom. The van der Waals surface area contributed by atoms with Crippen LogP contribution < -0.4 is 0 Å². The molecule has 4 heteroatoms. The Bertz CT molecular complexity index is 731. The SMILES string of the molecule is Cc1cc(C)c(CCCCCC(C)(C)C(=O)O)c(CCCCCCC(C)(C)C(=O)O)c1. The van der Waals surface area contributed by atoms with Gasteiger partial charge < -0.3 is 10.2 Å². The van der Waals surface area contributed by atoms with E-state index in [1.165, 1.54) is 22.3 Å². The van der Waals surface area contributed by atoms with Crippen LogP contribution in [0.5, 0.6) is 0 Å². The fourth-order valence-electron chi connectivity index (χ4n) is 4.16. The topological polar surface area (TPSA) is 74.6 Å². The highest BCUT2D eigenvalue weighted by molar-refractivity contribution is 5.73. The summed E-state index contributed by atoms with van der Waals surface area (Å²) >= 11 is 0. The van der Waals surface area contributed by atoms with E-state index in [9.17, 15) is 19.8 Å². The summed E-state index contributed by atoms with van der Waals surface area (Å²) in [4.78, 5) is 22.5. The number of benzene rings is 1. The van der Waals surface area contributed by atoms with Gasteiger partial charge in [0.15, 0.2) is 0 Å². The molecule has 0 unspecified atom stereocenters. The number of aliphatic carboxylic acids is 2. The number of hydrogen-bond donors (Lipinski definition) is 2. The lowest BCUT2D eigenvalue weighted by atomic mass is 9.86. The Kier molecular flexibility index (Phi) is 10.8. The van der Waals surface area contributed by atoms with Crippen molar-refractivity contribution in [2.45, 2.75) is 112 Å². The molecule has 0 aromatic heterocycles. The van der Waals surface area contributed by atoms with Crippen LogP contribution in [-0.4, -0.2) is 22.2 Å². The lowest BCUT2D eigenvalue weighted by molar-refractivity contribution is -0.148. The lowest BCUT2D eigenvalue weighted by Gasteiger charge is -2.19. The molecule has 0 saturated heterocycles. The zero-order valence-electron chi connectivity index (χ0n) is 20.6. The molecule has 0 fully saturated rings. The molecule has 0 amide bonds. The quantitative estimate of drug-likeness (QED) is 0.289. The van der Waals surface area contributed by atoms with Gasteiger partial charge in [-0.15, -0.1) is 0 Å². The van der Waals surface area contributed by atoms with E-state index in [1.807, 2.05) is 0 Å². The van der Waals surface area contributed by atoms with E-state index in [0.717, 1.165) is 70.6 Å². The van der Waals surface area contributed by atoms with Gasteiger partial charge in [0.25, 0.3) is 0 Å². The van der Waals surface area contributed by atoms with Crippen molar-refractivity contribution in [3.63, 3.8) is 0 Å². The van der Waals surface area contributed by atoms with E-state index in [2.05, 4.69) is 26.0 Å². The number of carbonyl (C=O) groups is 2. The third-order valence-corrected chi connectivity index (χ3v) is 6.59. The number of unbranched alkanes of at least 4 members (excludes halogenated alkanes) is 5. The summed E-state index contributed by atoms with van der Waals surface area (Å²) < 4.78 is 0. The van der Waals surface area contributed by atoms with Gasteiger partial charge in [-0.3, -0.25) is 9.59 Å². The normalized spacial score (nSPS) is 12.2. The van der Waals surface area contributed by atoms with Crippen molar-refractivity contribution in [2.75, 3.05) is 0 Å². The maximum absolute atomic E-state index is 11.2. The van der Waals surface area contributed by atoms with Crippen molar-refractivity contribution >= 4 is 11.9 Å². The average molecular weight is 433 g/mol. The maximum atomic E-state index is 11.2. The number of rotatable bonds is 15. The van der Waals surface area contributed by atoms with Crippen LogP contribution in [0.3, 0.4) is 0 Å². The number of carboxylic acids is 2. The van der Waals surface area contributed by atoms with E-state index in [4.69, 9.17) is 0 Å². The molecule has 0 spiro atoms. The van der Waals surface area contributed by atoms with Crippen LogP contribution in [0.25, 0.3) is 0 Å². The summed E-state index contributed by atoms with van der Waals surface area (Å²) in [6.45, 7) is 11.6. The molecule has 31 heavy (non-hydrogen) atoms. The molecular formula is C27H44O4. The van der Waals surface area contributed by atoms with Crippen LogP contribution >= 0.6 is 0 Å². The Balaban J connectivity index is 2.49. The van der Waals surface area contributed by atoms with E-state index in [-0.39, 0.29) is 0 Å². The molecule has 0 heterocycles. The van der Waals surface area contributed by atoms with Crippen LogP contribution in [0.2, 0.25) is 0 Å². The molecule has 1 rings (SSSR count). The monoisotopic (exact) mass is 432 g/mol. The minimum absolute atomic E-state index is 0.625. The van der Waals surface area contributed by atoms with Crippen molar-refractivity contribution in [3.8, 4) is 0 Å². The van der Waals surface area contributed by atoms with Crippen LogP contribution in [0.1, 0.15) is 108 Å². The Labute approximate surface area is 189 Å². The van der Waals surface area contributed by atoms with Crippen LogP contribution in [0.4, 0.5) is 0 Å². The van der Waals surface area contributed by atoms with Gasteiger partial charge in [-0.1, -0.05) is 49.8 Å². The van der Waals surface area contributed by atoms with Gasteiger partial charge in [-0.25, -0.2) is 0 Å². The summed E-state index contributed by atoms with van der Waals surface area (Å²) in [6.07, 6.45) is 11.0. The zero-order valence-corrected chi connectivity index (χ0v) is 20.6. The smallest absolute Gasteiger partial charge is 0.309 e. The highest BCUT2D eigenvalue weighted by atomic mass is 16.4. The van der Waals surface area contributed by atoms with Gasteiger partial charge in [-0.2, -0.15) is 0 Å². The Hall–Kier alpha value is -1.84. The summed E-state index contributed by atoms with van der Waals surface area (Å²) in [5, 5.41) is 18.5. The van der Waals surface area contributed by atoms with Gasteiger partial charge in [0.05, 0.1) is 10.8 Å². The molecule has 176 valence electrons. The van der Waals surface area contributed by atoms with Gasteiger partial charge >= 0.3 is 11.9 Å². The Morgan fingerprint density at radius 2 is 1.16 bits per heavy atom. The standard InChI is InChI=1S/C27H44O4/c1-20-18-21(2)23(15-11-9-13-17-27(5,6)25(30)31)22(19-20)14-10-7-8-12-16-26(3,4)24(28)29/h18-19H,7-17H2,1-6H3,(H,28,29)(H,30,31). The molecule has 0 radical (unpaired) electrons. The summed E-state index contributed by atoms with van der Waals surface area (Å²) in [5.74, 6) is -1.42. The molecule has 4 nitrogen and oxygen atoms in total. The minimum atomic E-state index is -0.712. The Morgan fingerprint density at radius 1 is 0.710 bits per heavy atom. The molecule has 0 aliphatic carbocycles. The summed E-state index contributed by atoms with van der Waals surface area (Å²) in [6, 6.07) is 4.59. The first-order valence-electron chi connectivity index (χ1n) is 11.9. The van der Waals surface area contributed by atoms with Gasteiger partial charge in [0.2, 0.25) is 0 Å². The molecule has 2 N–H and O–H groups in total. The molecule has 0 bridgehead atoms. The maximum Gasteiger partial charge on any atom is 0.309 e. The second-order valence-electron chi connectivity index (χ2n) is 10.6. The first-order chi connectivity index (χ1) is 14.4. The second-order valence-corrected chi connectivity index (χ2v) is 10.6. The van der Waals surface area contributed by atoms with Crippen molar-refractivity contribution in [3.05, 3.63) is 34.4 Å². The molecule has 1 aromatic carbocycles. The third kappa shape index (κ3) is 9.45. The third-order valence-electron chi connectivity index (χ3n) is 6.59. The average Bonchev–Trinajstić information content (AvgIpc) is 2.65. The predicted molar refractivity (Wildman–Crippen MR) is 128 cm³/mol. The van der Waals surface area contributed by atoms with Gasteiger partial charge in [-0.05, 0) is 96.8 Å². The van der Waals surface area contributed by atoms with Crippen molar-refractivity contribution in [2.24, 2.45) is 10.8 Å². The predicted octanol–water partition coefficient (Wildman–Crippen LogP) is 7.12. The van der Waals surface area contributed by atoms with E-state index >= 15 is 0 Å². The molecule has 1 aromatic rings. The fraction of sp³-hybridized carbons (Fsp3) is 0.704. The lowest BCUT2D eigenvalue weighted by Crippen LogP contribution is -2.23. The first kappa shape index (κ1) is 27.2. The highest BCUT2D eigenvalue weighted by Gasteiger charge is 2.26. The van der Waals surface area contributed by atoms with E-state index < -0.39 is 22.8 Å². The zero-order chi connectivity index (χ0) is 23.7. The highest BCUT2D eigenvalue weighted by Crippen LogP contribution is 2.27. The summed E-state index contributed by atoms with van der Waals surface area (Å²) in [7, 11) is 0. The number of carboxylic acid groups (broad SMARTS) is 2. The summed E-state index contributed by atoms with van der Waals surface area (Å²) in [5.41, 5.74) is 4.33. The van der Waals surface area contributed by atoms with E-state index in [1.54, 1.807) is 27.7 Å². The second kappa shape index (κ2) is 12.3. The first-order valence-corrected chi connectivity index (χ1v) is 11.9. The van der Waals surface area contributed by atoms with Crippen LogP contribution in [0, 0.1) is 24.7 Å². The van der Waals surface area contributed by atoms with Gasteiger partial charge in [0, 0.05) is 0 Å². The molecular weight excluding hydrogens is 388 g/mol. The van der Waals surface area contributed by atoms with Crippen molar-refractivity contribution in [1.82, 2.24) is 0 Å². The van der Waals surface area contributed by atoms with Gasteiger partial charge in [0.1, 0.15) is 0 Å². The fourth-order valence-corrected chi connectivity index (χ4v) is 4.16. The van der Waals surface area contributed by atoms with Crippen molar-refractivity contribution < 1.29 is 19.8 Å². The molecule has 0 aliphatic rings. The molecule has 0 atom stereocenters. The largest absolute Gasteiger partial charge is 0.481 e. The van der Waals surface area contributed by atoms with Crippen LogP contribution in [0.15, 0.2) is 12.1 Å². The van der Waals surface area contributed by atoms with Crippen LogP contribution in [-0.2, 0) is 22.4 Å². The molecule has 0 aliphatic heterocycles. The van der Waals surface area contributed by atoms with Crippen molar-refractivity contribution in [1.29, 1.82) is 0 Å². The number of hydrogen-bond acceptors (Lipinski definition) is 2. The minimum Gasteiger partial charge on any atom is -0.481 e. The number of aryl methyl sites for hydroxylation is 3.